The van der Waals surface area contributed by atoms with Crippen molar-refractivity contribution in [2.45, 2.75) is 65.0 Å². The van der Waals surface area contributed by atoms with Crippen LogP contribution in [0.15, 0.2) is 4.99 Å². The molecule has 2 atom stereocenters. The van der Waals surface area contributed by atoms with E-state index in [0.717, 1.165) is 37.8 Å². The largest absolute Gasteiger partial charge is 0.354 e. The van der Waals surface area contributed by atoms with Gasteiger partial charge in [-0.15, -0.1) is 0 Å². The summed E-state index contributed by atoms with van der Waals surface area (Å²) in [5.41, 5.74) is 0. The third-order valence-corrected chi connectivity index (χ3v) is 4.77. The predicted molar refractivity (Wildman–Crippen MR) is 90.9 cm³/mol. The third-order valence-electron chi connectivity index (χ3n) is 4.77. The third kappa shape index (κ3) is 4.62. The van der Waals surface area contributed by atoms with Crippen molar-refractivity contribution >= 4 is 11.9 Å². The van der Waals surface area contributed by atoms with Gasteiger partial charge in [0.1, 0.15) is 0 Å². The summed E-state index contributed by atoms with van der Waals surface area (Å²) in [6.07, 6.45) is 5.85. The van der Waals surface area contributed by atoms with Gasteiger partial charge in [0.15, 0.2) is 5.96 Å². The molecule has 0 aromatic heterocycles. The van der Waals surface area contributed by atoms with E-state index in [0.29, 0.717) is 12.1 Å². The van der Waals surface area contributed by atoms with E-state index in [4.69, 9.17) is 0 Å². The number of piperidine rings is 1. The van der Waals surface area contributed by atoms with E-state index in [-0.39, 0.29) is 11.8 Å². The predicted octanol–water partition coefficient (Wildman–Crippen LogP) is 1.99. The Hall–Kier alpha value is -1.26. The number of guanidine groups is 1. The van der Waals surface area contributed by atoms with E-state index in [1.807, 2.05) is 25.8 Å². The molecule has 2 unspecified atom stereocenters. The molecule has 1 saturated heterocycles. The molecule has 0 spiro atoms. The monoisotopic (exact) mass is 308 g/mol. The highest BCUT2D eigenvalue weighted by Crippen LogP contribution is 2.34. The minimum absolute atomic E-state index is 0.101. The molecule has 2 aliphatic rings. The Balaban J connectivity index is 1.72. The van der Waals surface area contributed by atoms with Crippen LogP contribution in [-0.4, -0.2) is 49.0 Å². The van der Waals surface area contributed by atoms with E-state index in [1.54, 1.807) is 0 Å². The van der Waals surface area contributed by atoms with Crippen LogP contribution >= 0.6 is 0 Å². The SMILES string of the molecule is CCCC1CC1NC(=NC)NC1CCN(C(=O)C(C)C)CC1. The number of carbonyl (C=O) groups excluding carboxylic acids is 1. The first-order valence-electron chi connectivity index (χ1n) is 8.83. The lowest BCUT2D eigenvalue weighted by Crippen LogP contribution is -2.50. The fraction of sp³-hybridized carbons (Fsp3) is 0.882. The average Bonchev–Trinajstić information content (AvgIpc) is 3.24. The number of carbonyl (C=O) groups is 1. The quantitative estimate of drug-likeness (QED) is 0.603. The first-order valence-corrected chi connectivity index (χ1v) is 8.83. The van der Waals surface area contributed by atoms with Crippen molar-refractivity contribution in [3.63, 3.8) is 0 Å². The van der Waals surface area contributed by atoms with Crippen LogP contribution in [0.4, 0.5) is 0 Å². The molecule has 1 aliphatic heterocycles. The molecule has 0 aromatic rings. The summed E-state index contributed by atoms with van der Waals surface area (Å²) in [7, 11) is 1.84. The zero-order chi connectivity index (χ0) is 16.1. The van der Waals surface area contributed by atoms with Crippen LogP contribution in [0.5, 0.6) is 0 Å². The van der Waals surface area contributed by atoms with E-state index in [2.05, 4.69) is 22.5 Å². The van der Waals surface area contributed by atoms with Gasteiger partial charge in [-0.1, -0.05) is 27.2 Å². The maximum Gasteiger partial charge on any atom is 0.225 e. The summed E-state index contributed by atoms with van der Waals surface area (Å²) >= 11 is 0. The van der Waals surface area contributed by atoms with Crippen molar-refractivity contribution in [2.24, 2.45) is 16.8 Å². The summed E-state index contributed by atoms with van der Waals surface area (Å²) in [6.45, 7) is 7.90. The maximum atomic E-state index is 12.0. The van der Waals surface area contributed by atoms with Crippen molar-refractivity contribution < 1.29 is 4.79 Å². The van der Waals surface area contributed by atoms with E-state index >= 15 is 0 Å². The Morgan fingerprint density at radius 3 is 2.50 bits per heavy atom. The van der Waals surface area contributed by atoms with Gasteiger partial charge in [0.25, 0.3) is 0 Å². The summed E-state index contributed by atoms with van der Waals surface area (Å²) in [4.78, 5) is 18.4. The number of hydrogen-bond acceptors (Lipinski definition) is 2. The molecular weight excluding hydrogens is 276 g/mol. The fourth-order valence-electron chi connectivity index (χ4n) is 3.26. The Kier molecular flexibility index (Phi) is 6.09. The first kappa shape index (κ1) is 17.1. The van der Waals surface area contributed by atoms with Crippen molar-refractivity contribution in [1.82, 2.24) is 15.5 Å². The van der Waals surface area contributed by atoms with Crippen LogP contribution in [0.3, 0.4) is 0 Å². The van der Waals surface area contributed by atoms with E-state index < -0.39 is 0 Å². The normalized spacial score (nSPS) is 26.2. The molecule has 2 fully saturated rings. The maximum absolute atomic E-state index is 12.0. The second kappa shape index (κ2) is 7.84. The number of aliphatic imine (C=N–C) groups is 1. The molecule has 1 saturated carbocycles. The topological polar surface area (TPSA) is 56.7 Å². The smallest absolute Gasteiger partial charge is 0.225 e. The average molecular weight is 308 g/mol. The number of likely N-dealkylation sites (tertiary alicyclic amines) is 1. The van der Waals surface area contributed by atoms with Crippen LogP contribution < -0.4 is 10.6 Å². The van der Waals surface area contributed by atoms with Gasteiger partial charge in [-0.25, -0.2) is 0 Å². The van der Waals surface area contributed by atoms with Gasteiger partial charge in [0.2, 0.25) is 5.91 Å². The van der Waals surface area contributed by atoms with Gasteiger partial charge >= 0.3 is 0 Å². The zero-order valence-corrected chi connectivity index (χ0v) is 14.6. The fourth-order valence-corrected chi connectivity index (χ4v) is 3.26. The van der Waals surface area contributed by atoms with Gasteiger partial charge in [0, 0.05) is 38.1 Å². The molecule has 5 heteroatoms. The van der Waals surface area contributed by atoms with Gasteiger partial charge in [-0.2, -0.15) is 0 Å². The highest BCUT2D eigenvalue weighted by molar-refractivity contribution is 5.81. The second-order valence-corrected chi connectivity index (χ2v) is 7.01. The molecule has 2 rings (SSSR count). The molecule has 5 nitrogen and oxygen atoms in total. The Morgan fingerprint density at radius 2 is 1.95 bits per heavy atom. The Labute approximate surface area is 134 Å². The van der Waals surface area contributed by atoms with Crippen molar-refractivity contribution in [2.75, 3.05) is 20.1 Å². The van der Waals surface area contributed by atoms with Crippen LogP contribution in [-0.2, 0) is 4.79 Å². The number of hydrogen-bond donors (Lipinski definition) is 2. The Morgan fingerprint density at radius 1 is 1.27 bits per heavy atom. The van der Waals surface area contributed by atoms with Crippen LogP contribution in [0, 0.1) is 11.8 Å². The van der Waals surface area contributed by atoms with Crippen molar-refractivity contribution in [3.05, 3.63) is 0 Å². The lowest BCUT2D eigenvalue weighted by molar-refractivity contribution is -0.135. The van der Waals surface area contributed by atoms with Crippen LogP contribution in [0.25, 0.3) is 0 Å². The molecule has 0 aromatic carbocycles. The van der Waals surface area contributed by atoms with Gasteiger partial charge in [-0.3, -0.25) is 9.79 Å². The molecule has 0 radical (unpaired) electrons. The minimum atomic E-state index is 0.101. The van der Waals surface area contributed by atoms with Crippen LogP contribution in [0.1, 0.15) is 52.9 Å². The van der Waals surface area contributed by atoms with E-state index in [1.165, 1.54) is 19.3 Å². The molecule has 0 bridgehead atoms. The Bertz CT molecular complexity index is 399. The summed E-state index contributed by atoms with van der Waals surface area (Å²) < 4.78 is 0. The van der Waals surface area contributed by atoms with Crippen molar-refractivity contribution in [1.29, 1.82) is 0 Å². The molecule has 1 heterocycles. The number of nitrogens with zero attached hydrogens (tertiary/aromatic N) is 2. The highest BCUT2D eigenvalue weighted by Gasteiger charge is 2.37. The summed E-state index contributed by atoms with van der Waals surface area (Å²) in [5.74, 6) is 2.14. The molecule has 1 aliphatic carbocycles. The highest BCUT2D eigenvalue weighted by atomic mass is 16.2. The van der Waals surface area contributed by atoms with Crippen LogP contribution in [0.2, 0.25) is 0 Å². The number of amides is 1. The summed E-state index contributed by atoms with van der Waals surface area (Å²) in [5, 5.41) is 7.06. The molecule has 22 heavy (non-hydrogen) atoms. The summed E-state index contributed by atoms with van der Waals surface area (Å²) in [6, 6.07) is 1.03. The molecular formula is C17H32N4O. The van der Waals surface area contributed by atoms with Crippen molar-refractivity contribution in [3.8, 4) is 0 Å². The van der Waals surface area contributed by atoms with Gasteiger partial charge < -0.3 is 15.5 Å². The lowest BCUT2D eigenvalue weighted by atomic mass is 10.0. The van der Waals surface area contributed by atoms with Gasteiger partial charge in [0.05, 0.1) is 0 Å². The standard InChI is InChI=1S/C17H32N4O/c1-5-6-13-11-15(13)20-17(18-4)19-14-7-9-21(10-8-14)16(22)12(2)3/h12-15H,5-11H2,1-4H3,(H2,18,19,20). The second-order valence-electron chi connectivity index (χ2n) is 7.01. The zero-order valence-electron chi connectivity index (χ0n) is 14.6. The minimum Gasteiger partial charge on any atom is -0.354 e. The number of rotatable bonds is 5. The lowest BCUT2D eigenvalue weighted by Gasteiger charge is -2.34. The molecule has 2 N–H and O–H groups in total. The molecule has 1 amide bonds. The van der Waals surface area contributed by atoms with Gasteiger partial charge in [-0.05, 0) is 31.6 Å². The molecule has 126 valence electrons. The number of nitrogens with one attached hydrogen (secondary N) is 2. The first-order chi connectivity index (χ1) is 10.5. The van der Waals surface area contributed by atoms with E-state index in [9.17, 15) is 4.79 Å².